The molecule has 2 N–H and O–H groups in total. The molecule has 0 fully saturated rings. The lowest BCUT2D eigenvalue weighted by Crippen LogP contribution is -2.02. The third kappa shape index (κ3) is 4.15. The summed E-state index contributed by atoms with van der Waals surface area (Å²) in [5.41, 5.74) is 2.41. The van der Waals surface area contributed by atoms with Gasteiger partial charge in [0.05, 0.1) is 26.9 Å². The zero-order chi connectivity index (χ0) is 16.8. The van der Waals surface area contributed by atoms with E-state index in [0.717, 1.165) is 16.7 Å². The van der Waals surface area contributed by atoms with Crippen LogP contribution in [0.5, 0.6) is 17.2 Å². The van der Waals surface area contributed by atoms with Gasteiger partial charge < -0.3 is 24.4 Å². The molecule has 2 aromatic carbocycles. The highest BCUT2D eigenvalue weighted by atomic mass is 16.5. The van der Waals surface area contributed by atoms with E-state index in [4.69, 9.17) is 19.3 Å². The van der Waals surface area contributed by atoms with Gasteiger partial charge in [0.1, 0.15) is 12.4 Å². The number of hydrogen-bond donors (Lipinski definition) is 2. The van der Waals surface area contributed by atoms with Gasteiger partial charge in [-0.3, -0.25) is 0 Å². The Bertz CT molecular complexity index is 652. The Morgan fingerprint density at radius 2 is 1.70 bits per heavy atom. The lowest BCUT2D eigenvalue weighted by molar-refractivity contribution is 0.198. The van der Waals surface area contributed by atoms with Gasteiger partial charge in [-0.15, -0.1) is 0 Å². The minimum atomic E-state index is -0.551. The van der Waals surface area contributed by atoms with Crippen LogP contribution >= 0.6 is 0 Å². The summed E-state index contributed by atoms with van der Waals surface area (Å²) < 4.78 is 16.5. The standard InChI is InChI=1S/C18H22O5/c1-12(20)14-5-6-15(17(9-14)21-2)11-23-16-7-4-13(10-19)8-18(16)22-3/h4-9,12,19-20H,10-11H2,1-3H3/t12-/m1/s1. The summed E-state index contributed by atoms with van der Waals surface area (Å²) in [6.07, 6.45) is -0.551. The molecule has 5 nitrogen and oxygen atoms in total. The second kappa shape index (κ2) is 7.85. The van der Waals surface area contributed by atoms with E-state index in [2.05, 4.69) is 0 Å². The minimum absolute atomic E-state index is 0.0503. The molecule has 0 aliphatic carbocycles. The minimum Gasteiger partial charge on any atom is -0.496 e. The molecule has 1 atom stereocenters. The highest BCUT2D eigenvalue weighted by Gasteiger charge is 2.10. The number of aliphatic hydroxyl groups is 2. The molecule has 23 heavy (non-hydrogen) atoms. The topological polar surface area (TPSA) is 68.2 Å². The third-order valence-electron chi connectivity index (χ3n) is 3.59. The zero-order valence-corrected chi connectivity index (χ0v) is 13.6. The van der Waals surface area contributed by atoms with E-state index in [0.29, 0.717) is 23.9 Å². The Balaban J connectivity index is 2.17. The van der Waals surface area contributed by atoms with Crippen LogP contribution in [0.1, 0.15) is 29.7 Å². The molecule has 0 aliphatic heterocycles. The average Bonchev–Trinajstić information content (AvgIpc) is 2.59. The van der Waals surface area contributed by atoms with E-state index in [1.165, 1.54) is 0 Å². The van der Waals surface area contributed by atoms with Crippen LogP contribution in [0.4, 0.5) is 0 Å². The van der Waals surface area contributed by atoms with Crippen molar-refractivity contribution in [2.75, 3.05) is 14.2 Å². The molecule has 0 saturated carbocycles. The molecule has 2 aromatic rings. The molecule has 5 heteroatoms. The Morgan fingerprint density at radius 3 is 2.30 bits per heavy atom. The lowest BCUT2D eigenvalue weighted by Gasteiger charge is -2.15. The summed E-state index contributed by atoms with van der Waals surface area (Å²) in [7, 11) is 3.14. The van der Waals surface area contributed by atoms with Crippen molar-refractivity contribution in [3.05, 3.63) is 53.1 Å². The molecule has 124 valence electrons. The van der Waals surface area contributed by atoms with E-state index in [1.54, 1.807) is 45.4 Å². The zero-order valence-electron chi connectivity index (χ0n) is 13.6. The first-order chi connectivity index (χ1) is 11.1. The van der Waals surface area contributed by atoms with Crippen molar-refractivity contribution >= 4 is 0 Å². The molecular formula is C18H22O5. The molecule has 0 saturated heterocycles. The second-order valence-electron chi connectivity index (χ2n) is 5.18. The molecule has 2 rings (SSSR count). The van der Waals surface area contributed by atoms with Crippen LogP contribution in [-0.2, 0) is 13.2 Å². The van der Waals surface area contributed by atoms with Gasteiger partial charge >= 0.3 is 0 Å². The van der Waals surface area contributed by atoms with Crippen molar-refractivity contribution in [1.29, 1.82) is 0 Å². The van der Waals surface area contributed by atoms with E-state index in [1.807, 2.05) is 12.1 Å². The number of methoxy groups -OCH3 is 2. The first kappa shape index (κ1) is 17.1. The van der Waals surface area contributed by atoms with E-state index in [-0.39, 0.29) is 6.61 Å². The predicted octanol–water partition coefficient (Wildman–Crippen LogP) is 2.83. The largest absolute Gasteiger partial charge is 0.496 e. The molecule has 0 unspecified atom stereocenters. The van der Waals surface area contributed by atoms with Crippen molar-refractivity contribution in [2.24, 2.45) is 0 Å². The maximum atomic E-state index is 9.64. The van der Waals surface area contributed by atoms with Gasteiger partial charge in [0, 0.05) is 5.56 Å². The smallest absolute Gasteiger partial charge is 0.161 e. The highest BCUT2D eigenvalue weighted by Crippen LogP contribution is 2.30. The maximum Gasteiger partial charge on any atom is 0.161 e. The number of ether oxygens (including phenoxy) is 3. The Hall–Kier alpha value is -2.24. The molecule has 0 heterocycles. The van der Waals surface area contributed by atoms with Crippen LogP contribution < -0.4 is 14.2 Å². The summed E-state index contributed by atoms with van der Waals surface area (Å²) in [5.74, 6) is 1.82. The van der Waals surface area contributed by atoms with Crippen molar-refractivity contribution in [2.45, 2.75) is 26.2 Å². The third-order valence-corrected chi connectivity index (χ3v) is 3.59. The normalized spacial score (nSPS) is 11.9. The maximum absolute atomic E-state index is 9.64. The van der Waals surface area contributed by atoms with Gasteiger partial charge in [0.25, 0.3) is 0 Å². The molecule has 0 aliphatic rings. The van der Waals surface area contributed by atoms with Gasteiger partial charge in [-0.2, -0.15) is 0 Å². The first-order valence-electron chi connectivity index (χ1n) is 7.34. The van der Waals surface area contributed by atoms with Gasteiger partial charge in [-0.1, -0.05) is 18.2 Å². The van der Waals surface area contributed by atoms with Crippen molar-refractivity contribution in [3.63, 3.8) is 0 Å². The van der Waals surface area contributed by atoms with Crippen LogP contribution in [0.2, 0.25) is 0 Å². The fraction of sp³-hybridized carbons (Fsp3) is 0.333. The predicted molar refractivity (Wildman–Crippen MR) is 86.9 cm³/mol. The summed E-state index contributed by atoms with van der Waals surface area (Å²) in [6, 6.07) is 10.8. The van der Waals surface area contributed by atoms with Crippen molar-refractivity contribution < 1.29 is 24.4 Å². The Morgan fingerprint density at radius 1 is 0.957 bits per heavy atom. The van der Waals surface area contributed by atoms with Crippen LogP contribution in [-0.4, -0.2) is 24.4 Å². The highest BCUT2D eigenvalue weighted by molar-refractivity contribution is 5.44. The molecule has 0 spiro atoms. The van der Waals surface area contributed by atoms with Gasteiger partial charge in [0.15, 0.2) is 11.5 Å². The first-order valence-corrected chi connectivity index (χ1v) is 7.34. The fourth-order valence-electron chi connectivity index (χ4n) is 2.23. The summed E-state index contributed by atoms with van der Waals surface area (Å²) in [6.45, 7) is 1.96. The monoisotopic (exact) mass is 318 g/mol. The average molecular weight is 318 g/mol. The fourth-order valence-corrected chi connectivity index (χ4v) is 2.23. The van der Waals surface area contributed by atoms with Crippen LogP contribution in [0.3, 0.4) is 0 Å². The van der Waals surface area contributed by atoms with Crippen molar-refractivity contribution in [1.82, 2.24) is 0 Å². The molecule has 0 radical (unpaired) electrons. The lowest BCUT2D eigenvalue weighted by atomic mass is 10.1. The summed E-state index contributed by atoms with van der Waals surface area (Å²) in [5, 5.41) is 18.8. The van der Waals surface area contributed by atoms with Crippen LogP contribution in [0, 0.1) is 0 Å². The summed E-state index contributed by atoms with van der Waals surface area (Å²) >= 11 is 0. The molecule has 0 amide bonds. The Labute approximate surface area is 136 Å². The van der Waals surface area contributed by atoms with E-state index in [9.17, 15) is 5.11 Å². The molecule has 0 aromatic heterocycles. The summed E-state index contributed by atoms with van der Waals surface area (Å²) in [4.78, 5) is 0. The number of hydrogen-bond acceptors (Lipinski definition) is 5. The van der Waals surface area contributed by atoms with Gasteiger partial charge in [-0.05, 0) is 36.2 Å². The van der Waals surface area contributed by atoms with Crippen LogP contribution in [0.15, 0.2) is 36.4 Å². The Kier molecular flexibility index (Phi) is 5.84. The second-order valence-corrected chi connectivity index (χ2v) is 5.18. The van der Waals surface area contributed by atoms with Crippen molar-refractivity contribution in [3.8, 4) is 17.2 Å². The van der Waals surface area contributed by atoms with E-state index >= 15 is 0 Å². The van der Waals surface area contributed by atoms with Crippen LogP contribution in [0.25, 0.3) is 0 Å². The number of benzene rings is 2. The molecule has 0 bridgehead atoms. The molecular weight excluding hydrogens is 296 g/mol. The van der Waals surface area contributed by atoms with Gasteiger partial charge in [-0.25, -0.2) is 0 Å². The SMILES string of the molecule is COc1cc([C@@H](C)O)ccc1COc1ccc(CO)cc1OC. The number of rotatable bonds is 7. The number of aliphatic hydroxyl groups excluding tert-OH is 2. The van der Waals surface area contributed by atoms with Gasteiger partial charge in [0.2, 0.25) is 0 Å². The quantitative estimate of drug-likeness (QED) is 0.821. The van der Waals surface area contributed by atoms with E-state index < -0.39 is 6.10 Å².